The Morgan fingerprint density at radius 1 is 0.564 bits per heavy atom. The van der Waals surface area contributed by atoms with Gasteiger partial charge < -0.3 is 41.3 Å². The number of ether oxygens (including phenoxy) is 1. The molecule has 0 saturated carbocycles. The predicted octanol–water partition coefficient (Wildman–Crippen LogP) is 4.32. The minimum Gasteiger partial charge on any atom is -0.508 e. The molecule has 294 valence electrons. The van der Waals surface area contributed by atoms with Gasteiger partial charge in [-0.25, -0.2) is 4.79 Å². The van der Waals surface area contributed by atoms with Gasteiger partial charge in [0.1, 0.15) is 23.6 Å². The lowest BCUT2D eigenvalue weighted by Crippen LogP contribution is -2.50. The average Bonchev–Trinajstić information content (AvgIpc) is 3.18. The van der Waals surface area contributed by atoms with Gasteiger partial charge in [-0.15, -0.1) is 0 Å². The SMILES string of the molecule is COC(=O)[C@H](C)NC(=O)[C@@H](CCc1ccccc1)NCCc1cccc(O)c1.C[C@H](NC(=O)[C@@H](CCc1ccccc1)NCCc1cccc(O)c1)C(=O)O. The van der Waals surface area contributed by atoms with Crippen LogP contribution in [0.1, 0.15) is 48.9 Å². The first-order valence-corrected chi connectivity index (χ1v) is 18.5. The van der Waals surface area contributed by atoms with Crippen LogP contribution in [-0.4, -0.2) is 83.4 Å². The van der Waals surface area contributed by atoms with E-state index in [1.807, 2.05) is 72.8 Å². The largest absolute Gasteiger partial charge is 0.508 e. The number of aromatic hydroxyl groups is 2. The highest BCUT2D eigenvalue weighted by Gasteiger charge is 2.24. The molecule has 0 spiro atoms. The van der Waals surface area contributed by atoms with Crippen LogP contribution in [0.3, 0.4) is 0 Å². The molecule has 12 nitrogen and oxygen atoms in total. The zero-order valence-corrected chi connectivity index (χ0v) is 31.7. The highest BCUT2D eigenvalue weighted by atomic mass is 16.5. The number of hydrogen-bond donors (Lipinski definition) is 7. The molecule has 4 aromatic rings. The summed E-state index contributed by atoms with van der Waals surface area (Å²) in [6.07, 6.45) is 3.93. The van der Waals surface area contributed by atoms with Crippen LogP contribution in [0.2, 0.25) is 0 Å². The van der Waals surface area contributed by atoms with Crippen LogP contribution in [0.15, 0.2) is 109 Å². The van der Waals surface area contributed by atoms with Gasteiger partial charge in [0, 0.05) is 0 Å². The van der Waals surface area contributed by atoms with Crippen LogP contribution in [0, 0.1) is 0 Å². The van der Waals surface area contributed by atoms with E-state index in [9.17, 15) is 29.4 Å². The molecule has 0 saturated heterocycles. The summed E-state index contributed by atoms with van der Waals surface area (Å²) in [7, 11) is 1.30. The number of amides is 2. The van der Waals surface area contributed by atoms with Gasteiger partial charge in [0.15, 0.2) is 0 Å². The Morgan fingerprint density at radius 2 is 0.964 bits per heavy atom. The molecular formula is C43H54N4O8. The van der Waals surface area contributed by atoms with Crippen molar-refractivity contribution in [1.82, 2.24) is 21.3 Å². The number of rotatable bonds is 20. The zero-order valence-electron chi connectivity index (χ0n) is 31.7. The van der Waals surface area contributed by atoms with E-state index in [1.54, 1.807) is 43.3 Å². The number of phenols is 2. The standard InChI is InChI=1S/C22H28N2O4.C21H26N2O4/c1-16(22(27)28-2)24-21(26)20(12-11-17-7-4-3-5-8-17)23-14-13-18-9-6-10-19(25)15-18;1-15(21(26)27)23-20(25)19(11-10-16-6-3-2-4-7-16)22-13-12-17-8-5-9-18(24)14-17/h3-10,15-16,20,23,25H,11-14H2,1-2H3,(H,24,26);2-9,14-15,19,22,24H,10-13H2,1H3,(H,23,25)(H,26,27)/t16-,20+;15-,19+/m00/s1. The van der Waals surface area contributed by atoms with Crippen molar-refractivity contribution in [2.75, 3.05) is 20.2 Å². The summed E-state index contributed by atoms with van der Waals surface area (Å²) in [5, 5.41) is 39.8. The summed E-state index contributed by atoms with van der Waals surface area (Å²) in [5.41, 5.74) is 4.22. The first-order valence-electron chi connectivity index (χ1n) is 18.5. The lowest BCUT2D eigenvalue weighted by molar-refractivity contribution is -0.144. The summed E-state index contributed by atoms with van der Waals surface area (Å²) >= 11 is 0. The molecule has 0 aromatic heterocycles. The van der Waals surface area contributed by atoms with Gasteiger partial charge in [0.25, 0.3) is 0 Å². The maximum atomic E-state index is 12.7. The molecule has 0 unspecified atom stereocenters. The van der Waals surface area contributed by atoms with E-state index < -0.39 is 36.1 Å². The first kappa shape index (κ1) is 43.7. The van der Waals surface area contributed by atoms with E-state index in [1.165, 1.54) is 14.0 Å². The first-order chi connectivity index (χ1) is 26.4. The van der Waals surface area contributed by atoms with E-state index >= 15 is 0 Å². The number of phenolic OH excluding ortho intramolecular Hbond substituents is 2. The molecule has 4 atom stereocenters. The number of carboxylic acids is 1. The van der Waals surface area contributed by atoms with Crippen LogP contribution < -0.4 is 21.3 Å². The van der Waals surface area contributed by atoms with E-state index in [2.05, 4.69) is 26.0 Å². The maximum absolute atomic E-state index is 12.7. The number of methoxy groups -OCH3 is 1. The topological polar surface area (TPSA) is 186 Å². The smallest absolute Gasteiger partial charge is 0.328 e. The molecule has 0 heterocycles. The Kier molecular flexibility index (Phi) is 18.9. The molecule has 0 radical (unpaired) electrons. The van der Waals surface area contributed by atoms with Crippen molar-refractivity contribution in [3.8, 4) is 11.5 Å². The van der Waals surface area contributed by atoms with Gasteiger partial charge in [0.2, 0.25) is 11.8 Å². The molecule has 4 rings (SSSR count). The molecule has 0 bridgehead atoms. The van der Waals surface area contributed by atoms with Gasteiger partial charge in [-0.2, -0.15) is 0 Å². The van der Waals surface area contributed by atoms with Gasteiger partial charge in [-0.3, -0.25) is 14.4 Å². The van der Waals surface area contributed by atoms with Gasteiger partial charge >= 0.3 is 11.9 Å². The Hall–Kier alpha value is -5.72. The third-order valence-corrected chi connectivity index (χ3v) is 8.83. The zero-order chi connectivity index (χ0) is 40.0. The minimum atomic E-state index is -1.06. The van der Waals surface area contributed by atoms with E-state index in [0.29, 0.717) is 45.2 Å². The number of carboxylic acid groups (broad SMARTS) is 1. The van der Waals surface area contributed by atoms with Crippen molar-refractivity contribution >= 4 is 23.8 Å². The van der Waals surface area contributed by atoms with E-state index in [0.717, 1.165) is 28.7 Å². The van der Waals surface area contributed by atoms with Crippen molar-refractivity contribution in [1.29, 1.82) is 0 Å². The second kappa shape index (κ2) is 23.8. The van der Waals surface area contributed by atoms with Crippen LogP contribution in [0.25, 0.3) is 0 Å². The van der Waals surface area contributed by atoms with Gasteiger partial charge in [-0.05, 0) is 112 Å². The Morgan fingerprint density at radius 3 is 1.35 bits per heavy atom. The monoisotopic (exact) mass is 754 g/mol. The fourth-order valence-electron chi connectivity index (χ4n) is 5.69. The van der Waals surface area contributed by atoms with Crippen LogP contribution >= 0.6 is 0 Å². The highest BCUT2D eigenvalue weighted by Crippen LogP contribution is 2.13. The van der Waals surface area contributed by atoms with E-state index in [4.69, 9.17) is 5.11 Å². The van der Waals surface area contributed by atoms with Crippen LogP contribution in [0.4, 0.5) is 0 Å². The maximum Gasteiger partial charge on any atom is 0.328 e. The molecule has 7 N–H and O–H groups in total. The number of nitrogens with one attached hydrogen (secondary N) is 4. The molecule has 0 fully saturated rings. The molecule has 0 aliphatic heterocycles. The normalized spacial score (nSPS) is 12.9. The number of carbonyl (C=O) groups excluding carboxylic acids is 3. The van der Waals surface area contributed by atoms with Gasteiger partial charge in [-0.1, -0.05) is 84.9 Å². The van der Waals surface area contributed by atoms with Gasteiger partial charge in [0.05, 0.1) is 19.2 Å². The fraction of sp³-hybridized carbons (Fsp3) is 0.349. The number of esters is 1. The molecule has 0 aliphatic carbocycles. The number of benzene rings is 4. The summed E-state index contributed by atoms with van der Waals surface area (Å²) in [5.74, 6) is -1.66. The Labute approximate surface area is 323 Å². The molecule has 0 aliphatic rings. The third-order valence-electron chi connectivity index (χ3n) is 8.83. The molecule has 55 heavy (non-hydrogen) atoms. The minimum absolute atomic E-state index is 0.209. The Bertz CT molecular complexity index is 1770. The average molecular weight is 755 g/mol. The van der Waals surface area contributed by atoms with Crippen LogP contribution in [-0.2, 0) is 49.6 Å². The molecule has 12 heteroatoms. The number of hydrogen-bond acceptors (Lipinski definition) is 9. The number of aliphatic carboxylic acids is 1. The van der Waals surface area contributed by atoms with Crippen molar-refractivity contribution in [3.63, 3.8) is 0 Å². The summed E-state index contributed by atoms with van der Waals surface area (Å²) in [6, 6.07) is 31.3. The second-order valence-electron chi connectivity index (χ2n) is 13.2. The second-order valence-corrected chi connectivity index (χ2v) is 13.2. The predicted molar refractivity (Wildman–Crippen MR) is 212 cm³/mol. The quantitative estimate of drug-likeness (QED) is 0.0641. The lowest BCUT2D eigenvalue weighted by Gasteiger charge is -2.21. The van der Waals surface area contributed by atoms with E-state index in [-0.39, 0.29) is 23.3 Å². The van der Waals surface area contributed by atoms with Crippen molar-refractivity contribution < 1.29 is 39.2 Å². The molecule has 4 aromatic carbocycles. The number of aryl methyl sites for hydroxylation is 2. The summed E-state index contributed by atoms with van der Waals surface area (Å²) in [6.45, 7) is 4.16. The lowest BCUT2D eigenvalue weighted by atomic mass is 10.0. The van der Waals surface area contributed by atoms with Crippen molar-refractivity contribution in [3.05, 3.63) is 131 Å². The third kappa shape index (κ3) is 16.9. The fourth-order valence-corrected chi connectivity index (χ4v) is 5.69. The summed E-state index contributed by atoms with van der Waals surface area (Å²) < 4.78 is 4.67. The summed E-state index contributed by atoms with van der Waals surface area (Å²) in [4.78, 5) is 47.8. The van der Waals surface area contributed by atoms with Crippen molar-refractivity contribution in [2.45, 2.75) is 76.5 Å². The molecular weight excluding hydrogens is 700 g/mol. The molecule has 2 amide bonds. The van der Waals surface area contributed by atoms with Crippen molar-refractivity contribution in [2.24, 2.45) is 0 Å². The number of carbonyl (C=O) groups is 4. The Balaban J connectivity index is 0.000000296. The highest BCUT2D eigenvalue weighted by molar-refractivity contribution is 5.87. The van der Waals surface area contributed by atoms with Crippen LogP contribution in [0.5, 0.6) is 11.5 Å².